The van der Waals surface area contributed by atoms with Crippen LogP contribution in [0.3, 0.4) is 0 Å². The molecule has 2 unspecified atom stereocenters. The summed E-state index contributed by atoms with van der Waals surface area (Å²) in [5.74, 6) is 0.00430. The van der Waals surface area contributed by atoms with Crippen molar-refractivity contribution in [3.05, 3.63) is 65.7 Å². The van der Waals surface area contributed by atoms with Crippen LogP contribution < -0.4 is 4.74 Å². The zero-order valence-corrected chi connectivity index (χ0v) is 12.9. The summed E-state index contributed by atoms with van der Waals surface area (Å²) in [6, 6.07) is 17.7. The standard InChI is InChI=1S/C19H20O4/c20-19(21)18-17(23-18)16-12-5-4-8-14(16)9-6-7-13-22-15-10-2-1-3-11-15/h1-5,8,10-12,17-18H,6-7,9,13H2,(H,20,21). The molecule has 3 rings (SSSR count). The molecule has 1 aliphatic rings. The Kier molecular flexibility index (Phi) is 4.93. The quantitative estimate of drug-likeness (QED) is 0.597. The van der Waals surface area contributed by atoms with Crippen LogP contribution in [0.25, 0.3) is 0 Å². The van der Waals surface area contributed by atoms with Crippen molar-refractivity contribution in [2.24, 2.45) is 0 Å². The molecule has 1 aliphatic heterocycles. The molecule has 2 aromatic carbocycles. The van der Waals surface area contributed by atoms with Crippen LogP contribution in [-0.2, 0) is 16.0 Å². The van der Waals surface area contributed by atoms with Gasteiger partial charge >= 0.3 is 5.97 Å². The molecule has 0 amide bonds. The summed E-state index contributed by atoms with van der Waals surface area (Å²) in [6.45, 7) is 0.684. The predicted molar refractivity (Wildman–Crippen MR) is 86.6 cm³/mol. The topological polar surface area (TPSA) is 59.1 Å². The van der Waals surface area contributed by atoms with Gasteiger partial charge in [-0.05, 0) is 42.5 Å². The highest BCUT2D eigenvalue weighted by Gasteiger charge is 2.47. The molecule has 23 heavy (non-hydrogen) atoms. The minimum Gasteiger partial charge on any atom is -0.494 e. The van der Waals surface area contributed by atoms with E-state index in [9.17, 15) is 4.79 Å². The van der Waals surface area contributed by atoms with Crippen LogP contribution in [-0.4, -0.2) is 23.8 Å². The van der Waals surface area contributed by atoms with Gasteiger partial charge in [-0.15, -0.1) is 0 Å². The summed E-state index contributed by atoms with van der Waals surface area (Å²) >= 11 is 0. The van der Waals surface area contributed by atoms with E-state index in [4.69, 9.17) is 14.6 Å². The molecule has 0 spiro atoms. The van der Waals surface area contributed by atoms with E-state index >= 15 is 0 Å². The number of aryl methyl sites for hydroxylation is 1. The molecule has 120 valence electrons. The normalized spacial score (nSPS) is 19.3. The number of aliphatic carboxylic acids is 1. The summed E-state index contributed by atoms with van der Waals surface area (Å²) in [4.78, 5) is 10.9. The van der Waals surface area contributed by atoms with Gasteiger partial charge in [0.25, 0.3) is 0 Å². The van der Waals surface area contributed by atoms with Gasteiger partial charge in [0.05, 0.1) is 6.61 Å². The van der Waals surface area contributed by atoms with Gasteiger partial charge in [-0.3, -0.25) is 0 Å². The summed E-state index contributed by atoms with van der Waals surface area (Å²) in [6.07, 6.45) is 1.88. The first-order valence-corrected chi connectivity index (χ1v) is 7.89. The van der Waals surface area contributed by atoms with E-state index in [2.05, 4.69) is 0 Å². The maximum absolute atomic E-state index is 10.9. The highest BCUT2D eigenvalue weighted by Crippen LogP contribution is 2.40. The number of unbranched alkanes of at least 4 members (excludes halogenated alkanes) is 1. The average molecular weight is 312 g/mol. The van der Waals surface area contributed by atoms with Gasteiger partial charge in [0.1, 0.15) is 11.9 Å². The van der Waals surface area contributed by atoms with Crippen molar-refractivity contribution in [3.63, 3.8) is 0 Å². The molecule has 1 heterocycles. The van der Waals surface area contributed by atoms with Crippen molar-refractivity contribution in [2.45, 2.75) is 31.5 Å². The van der Waals surface area contributed by atoms with Crippen LogP contribution >= 0.6 is 0 Å². The number of carboxylic acid groups (broad SMARTS) is 1. The van der Waals surface area contributed by atoms with Crippen molar-refractivity contribution < 1.29 is 19.4 Å². The first kappa shape index (κ1) is 15.6. The van der Waals surface area contributed by atoms with Crippen LogP contribution in [0.1, 0.15) is 30.1 Å². The van der Waals surface area contributed by atoms with E-state index in [0.717, 1.165) is 30.6 Å². The maximum Gasteiger partial charge on any atom is 0.335 e. The van der Waals surface area contributed by atoms with E-state index in [0.29, 0.717) is 6.61 Å². The molecule has 0 bridgehead atoms. The van der Waals surface area contributed by atoms with Gasteiger partial charge in [-0.25, -0.2) is 4.79 Å². The minimum absolute atomic E-state index is 0.288. The summed E-state index contributed by atoms with van der Waals surface area (Å²) < 4.78 is 10.9. The molecular weight excluding hydrogens is 292 g/mol. The predicted octanol–water partition coefficient (Wildman–Crippen LogP) is 3.61. The monoisotopic (exact) mass is 312 g/mol. The third-order valence-electron chi connectivity index (χ3n) is 3.95. The number of hydrogen-bond acceptors (Lipinski definition) is 3. The smallest absolute Gasteiger partial charge is 0.335 e. The molecule has 0 aliphatic carbocycles. The Morgan fingerprint density at radius 2 is 1.78 bits per heavy atom. The molecule has 1 saturated heterocycles. The molecule has 2 atom stereocenters. The Bertz CT molecular complexity index is 653. The zero-order valence-electron chi connectivity index (χ0n) is 12.9. The van der Waals surface area contributed by atoms with Crippen molar-refractivity contribution in [3.8, 4) is 5.75 Å². The zero-order chi connectivity index (χ0) is 16.1. The van der Waals surface area contributed by atoms with Crippen LogP contribution in [0.2, 0.25) is 0 Å². The Morgan fingerprint density at radius 1 is 1.04 bits per heavy atom. The Labute approximate surface area is 135 Å². The third-order valence-corrected chi connectivity index (χ3v) is 3.95. The van der Waals surface area contributed by atoms with Crippen molar-refractivity contribution in [1.82, 2.24) is 0 Å². The molecule has 1 fully saturated rings. The second-order valence-corrected chi connectivity index (χ2v) is 5.63. The largest absolute Gasteiger partial charge is 0.494 e. The lowest BCUT2D eigenvalue weighted by molar-refractivity contribution is -0.138. The molecule has 2 aromatic rings. The SMILES string of the molecule is O=C(O)C1OC1c1ccccc1CCCCOc1ccccc1. The molecular formula is C19H20O4. The fourth-order valence-corrected chi connectivity index (χ4v) is 2.70. The molecule has 4 nitrogen and oxygen atoms in total. The number of carbonyl (C=O) groups is 1. The second-order valence-electron chi connectivity index (χ2n) is 5.63. The lowest BCUT2D eigenvalue weighted by Crippen LogP contribution is -2.06. The minimum atomic E-state index is -0.888. The summed E-state index contributed by atoms with van der Waals surface area (Å²) in [7, 11) is 0. The number of benzene rings is 2. The summed E-state index contributed by atoms with van der Waals surface area (Å²) in [5.41, 5.74) is 2.17. The highest BCUT2D eigenvalue weighted by molar-refractivity contribution is 5.76. The van der Waals surface area contributed by atoms with E-state index in [1.807, 2.05) is 54.6 Å². The van der Waals surface area contributed by atoms with E-state index in [1.54, 1.807) is 0 Å². The lowest BCUT2D eigenvalue weighted by Gasteiger charge is -2.08. The van der Waals surface area contributed by atoms with Gasteiger partial charge in [0, 0.05) is 0 Å². The Hall–Kier alpha value is -2.33. The van der Waals surface area contributed by atoms with E-state index in [1.165, 1.54) is 5.56 Å². The fraction of sp³-hybridized carbons (Fsp3) is 0.316. The molecule has 0 radical (unpaired) electrons. The molecule has 4 heteroatoms. The van der Waals surface area contributed by atoms with Crippen molar-refractivity contribution in [2.75, 3.05) is 6.61 Å². The number of carboxylic acids is 1. The van der Waals surface area contributed by atoms with E-state index < -0.39 is 12.1 Å². The van der Waals surface area contributed by atoms with Crippen LogP contribution in [0.5, 0.6) is 5.75 Å². The Balaban J connectivity index is 1.46. The maximum atomic E-state index is 10.9. The number of para-hydroxylation sites is 1. The number of rotatable bonds is 8. The number of hydrogen-bond donors (Lipinski definition) is 1. The molecule has 0 aromatic heterocycles. The fourth-order valence-electron chi connectivity index (χ4n) is 2.70. The van der Waals surface area contributed by atoms with Crippen LogP contribution in [0.15, 0.2) is 54.6 Å². The number of ether oxygens (including phenoxy) is 2. The molecule has 0 saturated carbocycles. The van der Waals surface area contributed by atoms with Gasteiger partial charge in [0.15, 0.2) is 6.10 Å². The van der Waals surface area contributed by atoms with Gasteiger partial charge < -0.3 is 14.6 Å². The average Bonchev–Trinajstić information content (AvgIpc) is 3.37. The van der Waals surface area contributed by atoms with Crippen LogP contribution in [0.4, 0.5) is 0 Å². The first-order chi connectivity index (χ1) is 11.3. The van der Waals surface area contributed by atoms with Gasteiger partial charge in [-0.1, -0.05) is 42.5 Å². The first-order valence-electron chi connectivity index (χ1n) is 7.89. The Morgan fingerprint density at radius 3 is 2.52 bits per heavy atom. The number of epoxide rings is 1. The van der Waals surface area contributed by atoms with Crippen LogP contribution in [0, 0.1) is 0 Å². The van der Waals surface area contributed by atoms with E-state index in [-0.39, 0.29) is 6.10 Å². The second kappa shape index (κ2) is 7.29. The molecule has 1 N–H and O–H groups in total. The van der Waals surface area contributed by atoms with Gasteiger partial charge in [0.2, 0.25) is 0 Å². The lowest BCUT2D eigenvalue weighted by atomic mass is 9.98. The summed E-state index contributed by atoms with van der Waals surface area (Å²) in [5, 5.41) is 8.99. The van der Waals surface area contributed by atoms with Gasteiger partial charge in [-0.2, -0.15) is 0 Å². The van der Waals surface area contributed by atoms with Crippen molar-refractivity contribution in [1.29, 1.82) is 0 Å². The van der Waals surface area contributed by atoms with Crippen molar-refractivity contribution >= 4 is 5.97 Å². The highest BCUT2D eigenvalue weighted by atomic mass is 16.6. The third kappa shape index (κ3) is 4.11.